The summed E-state index contributed by atoms with van der Waals surface area (Å²) < 4.78 is 6.13. The normalized spacial score (nSPS) is 11.2. The fourth-order valence-electron chi connectivity index (χ4n) is 3.52. The maximum atomic E-state index is 10.5. The highest BCUT2D eigenvalue weighted by molar-refractivity contribution is 6.10. The van der Waals surface area contributed by atoms with Gasteiger partial charge in [0.1, 0.15) is 16.9 Å². The van der Waals surface area contributed by atoms with Crippen molar-refractivity contribution in [3.05, 3.63) is 91.0 Å². The largest absolute Gasteiger partial charge is 0.507 e. The molecular formula is C24H16O2. The van der Waals surface area contributed by atoms with Crippen molar-refractivity contribution in [3.8, 4) is 28.0 Å². The van der Waals surface area contributed by atoms with Crippen LogP contribution in [0.3, 0.4) is 0 Å². The molecule has 0 radical (unpaired) electrons. The molecule has 0 bridgehead atoms. The van der Waals surface area contributed by atoms with Crippen LogP contribution in [0.25, 0.3) is 44.2 Å². The third-order valence-electron chi connectivity index (χ3n) is 4.80. The van der Waals surface area contributed by atoms with Gasteiger partial charge in [-0.2, -0.15) is 0 Å². The topological polar surface area (TPSA) is 33.4 Å². The van der Waals surface area contributed by atoms with Gasteiger partial charge in [0.05, 0.1) is 0 Å². The first-order chi connectivity index (χ1) is 12.8. The highest BCUT2D eigenvalue weighted by atomic mass is 16.3. The Morgan fingerprint density at radius 3 is 2.23 bits per heavy atom. The lowest BCUT2D eigenvalue weighted by molar-refractivity contribution is 0.477. The van der Waals surface area contributed by atoms with Crippen LogP contribution in [-0.4, -0.2) is 5.11 Å². The fraction of sp³-hybridized carbons (Fsp3) is 0. The van der Waals surface area contributed by atoms with Crippen molar-refractivity contribution in [3.63, 3.8) is 0 Å². The highest BCUT2D eigenvalue weighted by Crippen LogP contribution is 2.40. The van der Waals surface area contributed by atoms with Crippen LogP contribution in [0.1, 0.15) is 0 Å². The average Bonchev–Trinajstić information content (AvgIpc) is 3.08. The van der Waals surface area contributed by atoms with E-state index >= 15 is 0 Å². The maximum Gasteiger partial charge on any atom is 0.143 e. The lowest BCUT2D eigenvalue weighted by Crippen LogP contribution is -1.83. The van der Waals surface area contributed by atoms with Crippen LogP contribution in [0.2, 0.25) is 0 Å². The molecule has 5 rings (SSSR count). The number of rotatable bonds is 2. The number of aromatic hydroxyl groups is 1. The minimum atomic E-state index is 0.248. The van der Waals surface area contributed by atoms with E-state index in [0.717, 1.165) is 44.2 Å². The van der Waals surface area contributed by atoms with E-state index in [1.807, 2.05) is 60.7 Å². The van der Waals surface area contributed by atoms with Crippen molar-refractivity contribution in [1.29, 1.82) is 0 Å². The summed E-state index contributed by atoms with van der Waals surface area (Å²) in [6.45, 7) is 0. The molecule has 124 valence electrons. The highest BCUT2D eigenvalue weighted by Gasteiger charge is 2.15. The van der Waals surface area contributed by atoms with Gasteiger partial charge in [0.2, 0.25) is 0 Å². The Balaban J connectivity index is 1.78. The second-order valence-corrected chi connectivity index (χ2v) is 6.38. The number of para-hydroxylation sites is 2. The van der Waals surface area contributed by atoms with E-state index in [-0.39, 0.29) is 5.75 Å². The van der Waals surface area contributed by atoms with E-state index in [4.69, 9.17) is 4.42 Å². The van der Waals surface area contributed by atoms with Gasteiger partial charge < -0.3 is 9.52 Å². The number of phenols is 1. The summed E-state index contributed by atoms with van der Waals surface area (Å²) in [7, 11) is 0. The van der Waals surface area contributed by atoms with Gasteiger partial charge in [-0.05, 0) is 29.3 Å². The van der Waals surface area contributed by atoms with Gasteiger partial charge >= 0.3 is 0 Å². The Kier molecular flexibility index (Phi) is 3.29. The van der Waals surface area contributed by atoms with Crippen LogP contribution in [0.4, 0.5) is 0 Å². The van der Waals surface area contributed by atoms with E-state index in [0.29, 0.717) is 0 Å². The zero-order chi connectivity index (χ0) is 17.5. The minimum Gasteiger partial charge on any atom is -0.507 e. The Bertz CT molecular complexity index is 1230. The Morgan fingerprint density at radius 1 is 0.577 bits per heavy atom. The number of phenolic OH excluding ortho intramolecular Hbond substituents is 1. The lowest BCUT2D eigenvalue weighted by Gasteiger charge is -2.09. The van der Waals surface area contributed by atoms with Gasteiger partial charge in [0, 0.05) is 21.9 Å². The van der Waals surface area contributed by atoms with Crippen LogP contribution >= 0.6 is 0 Å². The lowest BCUT2D eigenvalue weighted by atomic mass is 9.97. The molecule has 0 aliphatic rings. The third kappa shape index (κ3) is 2.27. The summed E-state index contributed by atoms with van der Waals surface area (Å²) in [5, 5.41) is 12.7. The molecule has 5 aromatic rings. The second-order valence-electron chi connectivity index (χ2n) is 6.38. The molecule has 26 heavy (non-hydrogen) atoms. The van der Waals surface area contributed by atoms with E-state index in [9.17, 15) is 5.11 Å². The van der Waals surface area contributed by atoms with Crippen LogP contribution in [0.5, 0.6) is 5.75 Å². The van der Waals surface area contributed by atoms with Gasteiger partial charge in [-0.25, -0.2) is 0 Å². The van der Waals surface area contributed by atoms with E-state index in [2.05, 4.69) is 24.3 Å². The average molecular weight is 336 g/mol. The van der Waals surface area contributed by atoms with Gasteiger partial charge in [-0.1, -0.05) is 72.8 Å². The van der Waals surface area contributed by atoms with Gasteiger partial charge in [-0.15, -0.1) is 0 Å². The Morgan fingerprint density at radius 2 is 1.35 bits per heavy atom. The van der Waals surface area contributed by atoms with Crippen molar-refractivity contribution in [2.24, 2.45) is 0 Å². The van der Waals surface area contributed by atoms with Gasteiger partial charge in [0.25, 0.3) is 0 Å². The van der Waals surface area contributed by atoms with E-state index < -0.39 is 0 Å². The van der Waals surface area contributed by atoms with Crippen molar-refractivity contribution in [2.45, 2.75) is 0 Å². The van der Waals surface area contributed by atoms with Crippen LogP contribution < -0.4 is 0 Å². The monoisotopic (exact) mass is 336 g/mol. The summed E-state index contributed by atoms with van der Waals surface area (Å²) >= 11 is 0. The molecule has 0 aliphatic carbocycles. The number of fused-ring (bicyclic) bond motifs is 3. The predicted molar refractivity (Wildman–Crippen MR) is 106 cm³/mol. The van der Waals surface area contributed by atoms with Crippen molar-refractivity contribution in [2.75, 3.05) is 0 Å². The molecule has 0 unspecified atom stereocenters. The molecule has 1 N–H and O–H groups in total. The summed E-state index contributed by atoms with van der Waals surface area (Å²) in [5.74, 6) is 0.248. The molecular weight excluding hydrogens is 320 g/mol. The van der Waals surface area contributed by atoms with Crippen LogP contribution in [-0.2, 0) is 0 Å². The number of hydrogen-bond acceptors (Lipinski definition) is 2. The van der Waals surface area contributed by atoms with E-state index in [1.54, 1.807) is 6.07 Å². The zero-order valence-electron chi connectivity index (χ0n) is 14.0. The molecule has 0 aliphatic heterocycles. The fourth-order valence-corrected chi connectivity index (χ4v) is 3.52. The molecule has 0 spiro atoms. The smallest absolute Gasteiger partial charge is 0.143 e. The van der Waals surface area contributed by atoms with Crippen LogP contribution in [0, 0.1) is 0 Å². The molecule has 4 aromatic carbocycles. The van der Waals surface area contributed by atoms with E-state index in [1.165, 1.54) is 0 Å². The number of benzene rings is 4. The second kappa shape index (κ2) is 5.78. The van der Waals surface area contributed by atoms with Crippen molar-refractivity contribution in [1.82, 2.24) is 0 Å². The molecule has 0 amide bonds. The molecule has 2 heteroatoms. The number of furan rings is 1. The zero-order valence-corrected chi connectivity index (χ0v) is 14.0. The molecule has 0 saturated carbocycles. The number of hydrogen-bond donors (Lipinski definition) is 1. The SMILES string of the molecule is Oc1ccc(-c2ccccc2)cc1-c1cccc2c1oc1ccccc12. The Hall–Kier alpha value is -3.52. The molecule has 1 aromatic heterocycles. The summed E-state index contributed by atoms with van der Waals surface area (Å²) in [6.07, 6.45) is 0. The third-order valence-corrected chi connectivity index (χ3v) is 4.80. The summed E-state index contributed by atoms with van der Waals surface area (Å²) in [4.78, 5) is 0. The molecule has 0 fully saturated rings. The maximum absolute atomic E-state index is 10.5. The van der Waals surface area contributed by atoms with Crippen molar-refractivity contribution >= 4 is 21.9 Å². The van der Waals surface area contributed by atoms with Gasteiger partial charge in [-0.3, -0.25) is 0 Å². The first-order valence-corrected chi connectivity index (χ1v) is 8.60. The molecule has 2 nitrogen and oxygen atoms in total. The van der Waals surface area contributed by atoms with Crippen molar-refractivity contribution < 1.29 is 9.52 Å². The first-order valence-electron chi connectivity index (χ1n) is 8.60. The van der Waals surface area contributed by atoms with Gasteiger partial charge in [0.15, 0.2) is 0 Å². The first kappa shape index (κ1) is 14.8. The molecule has 0 saturated heterocycles. The molecule has 1 heterocycles. The quantitative estimate of drug-likeness (QED) is 0.393. The minimum absolute atomic E-state index is 0.248. The summed E-state index contributed by atoms with van der Waals surface area (Å²) in [5.41, 5.74) is 5.50. The Labute approximate surface area is 150 Å². The summed E-state index contributed by atoms with van der Waals surface area (Å²) in [6, 6.07) is 29.9. The standard InChI is InChI=1S/C24H16O2/c25-22-14-13-17(16-7-2-1-3-8-16)15-21(22)20-11-6-10-19-18-9-4-5-12-23(18)26-24(19)20/h1-15,25H. The van der Waals surface area contributed by atoms with Crippen LogP contribution in [0.15, 0.2) is 95.4 Å². The predicted octanol–water partition coefficient (Wildman–Crippen LogP) is 6.63. The molecule has 0 atom stereocenters.